The van der Waals surface area contributed by atoms with Crippen molar-refractivity contribution < 1.29 is 0 Å². The Labute approximate surface area is 133 Å². The van der Waals surface area contributed by atoms with Crippen molar-refractivity contribution in [3.05, 3.63) is 60.3 Å². The van der Waals surface area contributed by atoms with Gasteiger partial charge < -0.3 is 5.32 Å². The van der Waals surface area contributed by atoms with Crippen LogP contribution >= 0.6 is 0 Å². The minimum absolute atomic E-state index is 0.713. The summed E-state index contributed by atoms with van der Waals surface area (Å²) >= 11 is 0. The SMILES string of the molecule is Cn1nnc2cccc(CNc3cccc(-c4ccn[nH]4)c3)c21. The molecule has 6 heteroatoms. The minimum Gasteiger partial charge on any atom is -0.381 e. The molecule has 2 aromatic heterocycles. The molecule has 0 spiro atoms. The first-order valence-corrected chi connectivity index (χ1v) is 7.42. The van der Waals surface area contributed by atoms with Gasteiger partial charge in [-0.2, -0.15) is 5.10 Å². The number of aromatic nitrogens is 5. The number of benzene rings is 2. The molecule has 0 bridgehead atoms. The molecule has 0 radical (unpaired) electrons. The van der Waals surface area contributed by atoms with Crippen LogP contribution in [-0.2, 0) is 13.6 Å². The summed E-state index contributed by atoms with van der Waals surface area (Å²) in [7, 11) is 1.91. The number of para-hydroxylation sites is 1. The maximum Gasteiger partial charge on any atom is 0.113 e. The van der Waals surface area contributed by atoms with Gasteiger partial charge in [0.25, 0.3) is 0 Å². The van der Waals surface area contributed by atoms with Crippen molar-refractivity contribution in [1.29, 1.82) is 0 Å². The Kier molecular flexibility index (Phi) is 3.27. The molecule has 4 rings (SSSR count). The molecule has 4 aromatic rings. The summed E-state index contributed by atoms with van der Waals surface area (Å²) in [5.41, 5.74) is 6.31. The monoisotopic (exact) mass is 304 g/mol. The first-order chi connectivity index (χ1) is 11.3. The number of nitrogens with zero attached hydrogens (tertiary/aromatic N) is 4. The second-order valence-electron chi connectivity index (χ2n) is 5.40. The molecule has 0 atom stereocenters. The summed E-state index contributed by atoms with van der Waals surface area (Å²) in [6, 6.07) is 16.3. The van der Waals surface area contributed by atoms with Crippen LogP contribution in [0.3, 0.4) is 0 Å². The minimum atomic E-state index is 0.713. The molecule has 0 fully saturated rings. The Balaban J connectivity index is 1.59. The number of anilines is 1. The predicted molar refractivity (Wildman–Crippen MR) is 89.9 cm³/mol. The lowest BCUT2D eigenvalue weighted by Gasteiger charge is -2.09. The predicted octanol–water partition coefficient (Wildman–Crippen LogP) is 2.97. The molecule has 23 heavy (non-hydrogen) atoms. The highest BCUT2D eigenvalue weighted by atomic mass is 15.4. The van der Waals surface area contributed by atoms with E-state index >= 15 is 0 Å². The van der Waals surface area contributed by atoms with Gasteiger partial charge in [-0.25, -0.2) is 4.68 Å². The second kappa shape index (κ2) is 5.57. The summed E-state index contributed by atoms with van der Waals surface area (Å²) in [6.45, 7) is 0.713. The molecule has 0 saturated carbocycles. The number of H-pyrrole nitrogens is 1. The van der Waals surface area contributed by atoms with Crippen molar-refractivity contribution in [2.45, 2.75) is 6.54 Å². The number of rotatable bonds is 4. The molecule has 0 amide bonds. The zero-order valence-corrected chi connectivity index (χ0v) is 12.7. The van der Waals surface area contributed by atoms with E-state index in [1.807, 2.05) is 36.0 Å². The van der Waals surface area contributed by atoms with E-state index < -0.39 is 0 Å². The van der Waals surface area contributed by atoms with Crippen LogP contribution in [0.25, 0.3) is 22.3 Å². The molecular formula is C17H16N6. The Morgan fingerprint density at radius 2 is 2.04 bits per heavy atom. The zero-order valence-electron chi connectivity index (χ0n) is 12.7. The topological polar surface area (TPSA) is 71.4 Å². The van der Waals surface area contributed by atoms with Crippen molar-refractivity contribution in [2.75, 3.05) is 5.32 Å². The lowest BCUT2D eigenvalue weighted by molar-refractivity contribution is 0.734. The third kappa shape index (κ3) is 2.55. The largest absolute Gasteiger partial charge is 0.381 e. The van der Waals surface area contributed by atoms with E-state index in [4.69, 9.17) is 0 Å². The van der Waals surface area contributed by atoms with Gasteiger partial charge in [0.15, 0.2) is 0 Å². The van der Waals surface area contributed by atoms with Crippen molar-refractivity contribution >= 4 is 16.7 Å². The summed E-state index contributed by atoms with van der Waals surface area (Å²) in [5, 5.41) is 18.7. The van der Waals surface area contributed by atoms with Gasteiger partial charge in [-0.1, -0.05) is 29.5 Å². The molecule has 2 aromatic carbocycles. The molecule has 0 saturated heterocycles. The lowest BCUT2D eigenvalue weighted by Crippen LogP contribution is -2.02. The number of hydrogen-bond donors (Lipinski definition) is 2. The van der Waals surface area contributed by atoms with Gasteiger partial charge in [0.2, 0.25) is 0 Å². The Bertz CT molecular complexity index is 939. The number of hydrogen-bond acceptors (Lipinski definition) is 4. The summed E-state index contributed by atoms with van der Waals surface area (Å²) in [6.07, 6.45) is 1.76. The maximum atomic E-state index is 4.16. The van der Waals surface area contributed by atoms with E-state index in [9.17, 15) is 0 Å². The lowest BCUT2D eigenvalue weighted by atomic mass is 10.1. The molecular weight excluding hydrogens is 288 g/mol. The molecule has 0 aliphatic rings. The Morgan fingerprint density at radius 3 is 2.91 bits per heavy atom. The number of fused-ring (bicyclic) bond motifs is 1. The third-order valence-corrected chi connectivity index (χ3v) is 3.87. The molecule has 2 heterocycles. The third-order valence-electron chi connectivity index (χ3n) is 3.87. The van der Waals surface area contributed by atoms with Crippen LogP contribution in [0, 0.1) is 0 Å². The van der Waals surface area contributed by atoms with Crippen LogP contribution in [0.15, 0.2) is 54.7 Å². The van der Waals surface area contributed by atoms with Gasteiger partial charge in [-0.05, 0) is 29.8 Å². The first-order valence-electron chi connectivity index (χ1n) is 7.42. The van der Waals surface area contributed by atoms with Gasteiger partial charge >= 0.3 is 0 Å². The van der Waals surface area contributed by atoms with Gasteiger partial charge in [0, 0.05) is 31.0 Å². The second-order valence-corrected chi connectivity index (χ2v) is 5.40. The highest BCUT2D eigenvalue weighted by Gasteiger charge is 2.07. The Hall–Kier alpha value is -3.15. The number of aryl methyl sites for hydroxylation is 1. The van der Waals surface area contributed by atoms with E-state index in [1.165, 1.54) is 5.56 Å². The van der Waals surface area contributed by atoms with Gasteiger partial charge in [-0.15, -0.1) is 5.10 Å². The van der Waals surface area contributed by atoms with Crippen molar-refractivity contribution in [1.82, 2.24) is 25.2 Å². The number of nitrogens with one attached hydrogen (secondary N) is 2. The van der Waals surface area contributed by atoms with E-state index in [-0.39, 0.29) is 0 Å². The molecule has 6 nitrogen and oxygen atoms in total. The van der Waals surface area contributed by atoms with Crippen LogP contribution in [0.2, 0.25) is 0 Å². The summed E-state index contributed by atoms with van der Waals surface area (Å²) in [5.74, 6) is 0. The highest BCUT2D eigenvalue weighted by molar-refractivity contribution is 5.78. The van der Waals surface area contributed by atoms with Crippen LogP contribution in [0.1, 0.15) is 5.56 Å². The molecule has 114 valence electrons. The van der Waals surface area contributed by atoms with E-state index in [0.29, 0.717) is 6.54 Å². The van der Waals surface area contributed by atoms with Gasteiger partial charge in [0.05, 0.1) is 11.2 Å². The van der Waals surface area contributed by atoms with Crippen LogP contribution in [-0.4, -0.2) is 25.2 Å². The fourth-order valence-corrected chi connectivity index (χ4v) is 2.75. The highest BCUT2D eigenvalue weighted by Crippen LogP contribution is 2.22. The van der Waals surface area contributed by atoms with Crippen LogP contribution < -0.4 is 5.32 Å². The zero-order chi connectivity index (χ0) is 15.6. The fourth-order valence-electron chi connectivity index (χ4n) is 2.75. The molecule has 2 N–H and O–H groups in total. The van der Waals surface area contributed by atoms with Gasteiger partial charge in [-0.3, -0.25) is 5.10 Å². The standard InChI is InChI=1S/C17H16N6/c1-23-17-13(5-3-7-16(17)21-22-23)11-18-14-6-2-4-12(10-14)15-8-9-19-20-15/h2-10,18H,11H2,1H3,(H,19,20). The molecule has 0 aliphatic carbocycles. The smallest absolute Gasteiger partial charge is 0.113 e. The van der Waals surface area contributed by atoms with Gasteiger partial charge in [0.1, 0.15) is 5.52 Å². The average molecular weight is 304 g/mol. The normalized spacial score (nSPS) is 11.0. The van der Waals surface area contributed by atoms with E-state index in [0.717, 1.165) is 28.0 Å². The fraction of sp³-hybridized carbons (Fsp3) is 0.118. The van der Waals surface area contributed by atoms with Crippen LogP contribution in [0.5, 0.6) is 0 Å². The van der Waals surface area contributed by atoms with Crippen molar-refractivity contribution in [3.8, 4) is 11.3 Å². The summed E-state index contributed by atoms with van der Waals surface area (Å²) < 4.78 is 1.81. The molecule has 0 aliphatic heterocycles. The average Bonchev–Trinajstić information content (AvgIpc) is 3.24. The molecule has 0 unspecified atom stereocenters. The first kappa shape index (κ1) is 13.5. The van der Waals surface area contributed by atoms with Crippen molar-refractivity contribution in [3.63, 3.8) is 0 Å². The van der Waals surface area contributed by atoms with Crippen LogP contribution in [0.4, 0.5) is 5.69 Å². The quantitative estimate of drug-likeness (QED) is 0.608. The van der Waals surface area contributed by atoms with E-state index in [2.05, 4.69) is 50.1 Å². The Morgan fingerprint density at radius 1 is 1.13 bits per heavy atom. The van der Waals surface area contributed by atoms with Crippen molar-refractivity contribution in [2.24, 2.45) is 7.05 Å². The van der Waals surface area contributed by atoms with E-state index in [1.54, 1.807) is 6.20 Å². The maximum absolute atomic E-state index is 4.16. The number of aromatic amines is 1. The summed E-state index contributed by atoms with van der Waals surface area (Å²) in [4.78, 5) is 0.